The number of carbonyl (C=O) groups excluding carboxylic acids is 2. The van der Waals surface area contributed by atoms with E-state index in [1.165, 1.54) is 0 Å². The fraction of sp³-hybridized carbons (Fsp3) is 0.364. The highest BCUT2D eigenvalue weighted by molar-refractivity contribution is 6.33. The predicted molar refractivity (Wildman–Crippen MR) is 115 cm³/mol. The molecule has 156 valence electrons. The number of aromatic nitrogens is 1. The van der Waals surface area contributed by atoms with E-state index in [2.05, 4.69) is 11.1 Å². The van der Waals surface area contributed by atoms with Crippen LogP contribution in [0, 0.1) is 11.3 Å². The molecule has 0 radical (unpaired) electrons. The van der Waals surface area contributed by atoms with Gasteiger partial charge < -0.3 is 14.5 Å². The van der Waals surface area contributed by atoms with Crippen LogP contribution < -0.4 is 4.90 Å². The number of nitriles is 1. The van der Waals surface area contributed by atoms with Gasteiger partial charge in [-0.05, 0) is 44.5 Å². The number of pyridine rings is 1. The summed E-state index contributed by atoms with van der Waals surface area (Å²) in [6, 6.07) is 9.06. The number of ether oxygens (including phenoxy) is 1. The monoisotopic (exact) mass is 426 g/mol. The van der Waals surface area contributed by atoms with E-state index in [0.717, 1.165) is 11.1 Å². The molecular weight excluding hydrogens is 404 g/mol. The lowest BCUT2D eigenvalue weighted by molar-refractivity contribution is 0.0240. The molecule has 0 aliphatic carbocycles. The zero-order chi connectivity index (χ0) is 21.9. The highest BCUT2D eigenvalue weighted by atomic mass is 35.5. The van der Waals surface area contributed by atoms with Crippen molar-refractivity contribution in [2.24, 2.45) is 0 Å². The van der Waals surface area contributed by atoms with E-state index in [-0.39, 0.29) is 6.09 Å². The molecule has 1 aliphatic heterocycles. The topological polar surface area (TPSA) is 86.5 Å². The lowest BCUT2D eigenvalue weighted by atomic mass is 10.0. The van der Waals surface area contributed by atoms with Gasteiger partial charge in [-0.3, -0.25) is 4.79 Å². The smallest absolute Gasteiger partial charge is 0.410 e. The maximum absolute atomic E-state index is 12.2. The highest BCUT2D eigenvalue weighted by Gasteiger charge is 2.27. The third-order valence-corrected chi connectivity index (χ3v) is 5.01. The minimum absolute atomic E-state index is 0.332. The van der Waals surface area contributed by atoms with Crippen molar-refractivity contribution in [3.8, 4) is 17.2 Å². The van der Waals surface area contributed by atoms with Crippen LogP contribution in [0.15, 0.2) is 30.5 Å². The molecule has 2 heterocycles. The third kappa shape index (κ3) is 4.89. The summed E-state index contributed by atoms with van der Waals surface area (Å²) < 4.78 is 5.42. The number of hydrogen-bond donors (Lipinski definition) is 0. The van der Waals surface area contributed by atoms with Gasteiger partial charge in [0.05, 0.1) is 10.6 Å². The van der Waals surface area contributed by atoms with Gasteiger partial charge in [-0.15, -0.1) is 0 Å². The molecular formula is C22H23ClN4O3. The molecule has 0 spiro atoms. The number of amides is 1. The molecule has 1 saturated heterocycles. The molecule has 0 bridgehead atoms. The zero-order valence-corrected chi connectivity index (χ0v) is 17.9. The van der Waals surface area contributed by atoms with E-state index in [1.54, 1.807) is 35.4 Å². The molecule has 1 amide bonds. The summed E-state index contributed by atoms with van der Waals surface area (Å²) >= 11 is 6.12. The Morgan fingerprint density at radius 1 is 1.20 bits per heavy atom. The maximum atomic E-state index is 12.2. The fourth-order valence-electron chi connectivity index (χ4n) is 3.18. The Kier molecular flexibility index (Phi) is 6.28. The predicted octanol–water partition coefficient (Wildman–Crippen LogP) is 4.14. The van der Waals surface area contributed by atoms with E-state index in [4.69, 9.17) is 16.3 Å². The van der Waals surface area contributed by atoms with Crippen molar-refractivity contribution in [3.63, 3.8) is 0 Å². The summed E-state index contributed by atoms with van der Waals surface area (Å²) in [5, 5.41) is 10.0. The Labute approximate surface area is 180 Å². The van der Waals surface area contributed by atoms with Gasteiger partial charge in [0.1, 0.15) is 17.5 Å². The largest absolute Gasteiger partial charge is 0.444 e. The molecule has 1 aromatic carbocycles. The second kappa shape index (κ2) is 8.72. The number of anilines is 1. The highest BCUT2D eigenvalue weighted by Crippen LogP contribution is 2.28. The van der Waals surface area contributed by atoms with Crippen LogP contribution in [0.1, 0.15) is 36.7 Å². The first-order valence-electron chi connectivity index (χ1n) is 9.60. The molecule has 8 heteroatoms. The van der Waals surface area contributed by atoms with Crippen LogP contribution in [0.3, 0.4) is 0 Å². The first-order chi connectivity index (χ1) is 14.2. The molecule has 0 saturated carbocycles. The average molecular weight is 427 g/mol. The van der Waals surface area contributed by atoms with E-state index in [9.17, 15) is 14.9 Å². The average Bonchev–Trinajstić information content (AvgIpc) is 2.72. The quantitative estimate of drug-likeness (QED) is 0.685. The Morgan fingerprint density at radius 3 is 2.47 bits per heavy atom. The van der Waals surface area contributed by atoms with Gasteiger partial charge in [0.2, 0.25) is 0 Å². The van der Waals surface area contributed by atoms with Crippen molar-refractivity contribution >= 4 is 29.8 Å². The fourth-order valence-corrected chi connectivity index (χ4v) is 3.40. The van der Waals surface area contributed by atoms with Crippen molar-refractivity contribution in [3.05, 3.63) is 46.6 Å². The number of aldehydes is 1. The molecule has 3 rings (SSSR count). The number of hydrogen-bond acceptors (Lipinski definition) is 6. The number of rotatable bonds is 3. The van der Waals surface area contributed by atoms with Crippen LogP contribution >= 0.6 is 11.6 Å². The molecule has 7 nitrogen and oxygen atoms in total. The maximum Gasteiger partial charge on any atom is 0.410 e. The first kappa shape index (κ1) is 21.6. The Hall–Kier alpha value is -3.11. The Bertz CT molecular complexity index is 1000. The van der Waals surface area contributed by atoms with Gasteiger partial charge in [-0.25, -0.2) is 9.78 Å². The van der Waals surface area contributed by atoms with Gasteiger partial charge >= 0.3 is 6.09 Å². The van der Waals surface area contributed by atoms with Crippen LogP contribution in [-0.4, -0.2) is 54.0 Å². The van der Waals surface area contributed by atoms with E-state index < -0.39 is 5.60 Å². The Balaban J connectivity index is 1.75. The third-order valence-electron chi connectivity index (χ3n) is 4.68. The van der Waals surface area contributed by atoms with E-state index in [1.807, 2.05) is 25.7 Å². The molecule has 2 aromatic rings. The summed E-state index contributed by atoms with van der Waals surface area (Å²) in [6.45, 7) is 7.61. The standard InChI is InChI=1S/C22H23ClN4O3/c1-22(2,3)30-21(29)27-8-6-26(7-9-27)20-17(12-24)10-18(13-25-20)15-4-5-16(14-28)19(23)11-15/h4-5,10-11,13-14H,6-9H2,1-3H3. The minimum Gasteiger partial charge on any atom is -0.444 e. The Morgan fingerprint density at radius 2 is 1.90 bits per heavy atom. The summed E-state index contributed by atoms with van der Waals surface area (Å²) in [6.07, 6.45) is 2.05. The molecule has 0 unspecified atom stereocenters. The zero-order valence-electron chi connectivity index (χ0n) is 17.2. The van der Waals surface area contributed by atoms with Crippen LogP contribution in [0.5, 0.6) is 0 Å². The second-order valence-corrected chi connectivity index (χ2v) is 8.42. The molecule has 1 fully saturated rings. The molecule has 1 aliphatic rings. The van der Waals surface area contributed by atoms with Crippen LogP contribution in [0.2, 0.25) is 5.02 Å². The van der Waals surface area contributed by atoms with Gasteiger partial charge in [-0.1, -0.05) is 17.7 Å². The minimum atomic E-state index is -0.535. The number of piperazine rings is 1. The van der Waals surface area contributed by atoms with Crippen LogP contribution in [0.4, 0.5) is 10.6 Å². The lowest BCUT2D eigenvalue weighted by Crippen LogP contribution is -2.50. The van der Waals surface area contributed by atoms with Crippen molar-refractivity contribution in [1.29, 1.82) is 5.26 Å². The molecule has 0 N–H and O–H groups in total. The summed E-state index contributed by atoms with van der Waals surface area (Å²) in [5.41, 5.74) is 1.83. The SMILES string of the molecule is CC(C)(C)OC(=O)N1CCN(c2ncc(-c3ccc(C=O)c(Cl)c3)cc2C#N)CC1. The normalized spacial score (nSPS) is 14.2. The summed E-state index contributed by atoms with van der Waals surface area (Å²) in [5.74, 6) is 0.584. The molecule has 0 atom stereocenters. The number of halogens is 1. The summed E-state index contributed by atoms with van der Waals surface area (Å²) in [4.78, 5) is 31.4. The van der Waals surface area contributed by atoms with Crippen molar-refractivity contribution in [2.45, 2.75) is 26.4 Å². The number of nitrogens with zero attached hydrogens (tertiary/aromatic N) is 4. The first-order valence-corrected chi connectivity index (χ1v) is 9.98. The number of benzene rings is 1. The van der Waals surface area contributed by atoms with E-state index >= 15 is 0 Å². The van der Waals surface area contributed by atoms with Crippen molar-refractivity contribution in [2.75, 3.05) is 31.1 Å². The molecule has 30 heavy (non-hydrogen) atoms. The second-order valence-electron chi connectivity index (χ2n) is 8.02. The van der Waals surface area contributed by atoms with Crippen LogP contribution in [-0.2, 0) is 4.74 Å². The molecule has 1 aromatic heterocycles. The summed E-state index contributed by atoms with van der Waals surface area (Å²) in [7, 11) is 0. The van der Waals surface area contributed by atoms with Crippen molar-refractivity contribution in [1.82, 2.24) is 9.88 Å². The van der Waals surface area contributed by atoms with Gasteiger partial charge in [0.15, 0.2) is 6.29 Å². The lowest BCUT2D eigenvalue weighted by Gasteiger charge is -2.36. The number of carbonyl (C=O) groups is 2. The van der Waals surface area contributed by atoms with Crippen molar-refractivity contribution < 1.29 is 14.3 Å². The van der Waals surface area contributed by atoms with Gasteiger partial charge in [-0.2, -0.15) is 5.26 Å². The van der Waals surface area contributed by atoms with E-state index in [0.29, 0.717) is 54.4 Å². The van der Waals surface area contributed by atoms with Crippen LogP contribution in [0.25, 0.3) is 11.1 Å². The van der Waals surface area contributed by atoms with Gasteiger partial charge in [0.25, 0.3) is 0 Å². The van der Waals surface area contributed by atoms with Gasteiger partial charge in [0, 0.05) is 43.5 Å².